The molecule has 0 aliphatic carbocycles. The third-order valence-electron chi connectivity index (χ3n) is 4.80. The van der Waals surface area contributed by atoms with Crippen molar-refractivity contribution in [2.45, 2.75) is 18.3 Å². The highest BCUT2D eigenvalue weighted by Crippen LogP contribution is 2.41. The zero-order chi connectivity index (χ0) is 20.8. The van der Waals surface area contributed by atoms with E-state index in [1.165, 1.54) is 18.3 Å². The number of nitrogens with zero attached hydrogens (tertiary/aromatic N) is 4. The first-order chi connectivity index (χ1) is 13.8. The molecule has 4 rings (SSSR count). The number of nitrogen functional groups attached to an aromatic ring is 2. The van der Waals surface area contributed by atoms with Crippen LogP contribution >= 0.6 is 0 Å². The van der Waals surface area contributed by atoms with Crippen LogP contribution in [0.2, 0.25) is 0 Å². The first-order valence-electron chi connectivity index (χ1n) is 8.57. The second-order valence-electron chi connectivity index (χ2n) is 6.75. The summed E-state index contributed by atoms with van der Waals surface area (Å²) in [7, 11) is 0. The first kappa shape index (κ1) is 18.3. The van der Waals surface area contributed by atoms with E-state index in [-0.39, 0.29) is 41.3 Å². The van der Waals surface area contributed by atoms with Gasteiger partial charge in [0.05, 0.1) is 17.5 Å². The van der Waals surface area contributed by atoms with Crippen LogP contribution < -0.4 is 11.5 Å². The van der Waals surface area contributed by atoms with E-state index in [0.717, 1.165) is 0 Å². The van der Waals surface area contributed by atoms with Crippen molar-refractivity contribution >= 4 is 34.9 Å². The number of benzene rings is 1. The number of hydrogen-bond acceptors (Lipinski definition) is 9. The van der Waals surface area contributed by atoms with Crippen molar-refractivity contribution < 1.29 is 19.4 Å². The van der Waals surface area contributed by atoms with E-state index in [1.54, 1.807) is 12.1 Å². The molecule has 1 aliphatic rings. The third kappa shape index (κ3) is 3.10. The van der Waals surface area contributed by atoms with Crippen LogP contribution in [0.25, 0.3) is 11.2 Å². The molecule has 10 heteroatoms. The highest BCUT2D eigenvalue weighted by molar-refractivity contribution is 5.90. The molecule has 0 bridgehead atoms. The largest absolute Gasteiger partial charge is 0.478 e. The molecule has 1 atom stereocenters. The fraction of sp³-hybridized carbons (Fsp3) is 0.158. The van der Waals surface area contributed by atoms with Gasteiger partial charge in [-0.15, -0.1) is 0 Å². The minimum atomic E-state index is -1.11. The molecule has 1 aliphatic heterocycles. The number of anilines is 2. The number of ether oxygens (including phenoxy) is 1. The molecule has 146 valence electrons. The number of carbonyl (C=O) groups excluding carboxylic acids is 1. The highest BCUT2D eigenvalue weighted by atomic mass is 16.5. The average molecular weight is 392 g/mol. The lowest BCUT2D eigenvalue weighted by Crippen LogP contribution is -2.34. The molecule has 3 heterocycles. The molecule has 1 unspecified atom stereocenters. The standard InChI is InChI=1S/C19H16N6O4/c1-9-6-19(17(28)29-9,11-4-2-10(3-5-11)16(26)27)7-12-8-22-15-13(23-12)14(20)24-18(21)25-15/h2-5,8H,1,6-7H2,(H,26,27)(H4,20,21,22,24,25). The molecule has 3 aromatic rings. The Hall–Kier alpha value is -4.08. The number of allylic oxidation sites excluding steroid dienone is 1. The zero-order valence-electron chi connectivity index (χ0n) is 15.1. The molecule has 0 radical (unpaired) electrons. The van der Waals surface area contributed by atoms with Crippen molar-refractivity contribution in [3.63, 3.8) is 0 Å². The number of carbonyl (C=O) groups is 2. The molecule has 0 saturated carbocycles. The van der Waals surface area contributed by atoms with Crippen LogP contribution in [0.15, 0.2) is 42.8 Å². The number of rotatable bonds is 4. The van der Waals surface area contributed by atoms with Gasteiger partial charge in [-0.05, 0) is 17.7 Å². The predicted molar refractivity (Wildman–Crippen MR) is 103 cm³/mol. The number of aromatic nitrogens is 4. The van der Waals surface area contributed by atoms with Gasteiger partial charge in [-0.25, -0.2) is 14.8 Å². The van der Waals surface area contributed by atoms with E-state index in [0.29, 0.717) is 17.0 Å². The van der Waals surface area contributed by atoms with Gasteiger partial charge in [0, 0.05) is 12.8 Å². The van der Waals surface area contributed by atoms with Gasteiger partial charge >= 0.3 is 11.9 Å². The smallest absolute Gasteiger partial charge is 0.335 e. The molecule has 29 heavy (non-hydrogen) atoms. The minimum Gasteiger partial charge on any atom is -0.478 e. The summed E-state index contributed by atoms with van der Waals surface area (Å²) in [5.41, 5.74) is 12.0. The summed E-state index contributed by atoms with van der Waals surface area (Å²) in [5.74, 6) is -1.15. The maximum atomic E-state index is 12.8. The first-order valence-corrected chi connectivity index (χ1v) is 8.57. The summed E-state index contributed by atoms with van der Waals surface area (Å²) < 4.78 is 5.24. The Morgan fingerprint density at radius 3 is 2.55 bits per heavy atom. The zero-order valence-corrected chi connectivity index (χ0v) is 15.1. The SMILES string of the molecule is C=C1CC(Cc2cnc3nc(N)nc(N)c3n2)(c2ccc(C(=O)O)cc2)C(=O)O1. The number of hydrogen-bond donors (Lipinski definition) is 3. The van der Waals surface area contributed by atoms with E-state index in [4.69, 9.17) is 21.3 Å². The number of fused-ring (bicyclic) bond motifs is 1. The van der Waals surface area contributed by atoms with Gasteiger partial charge in [0.2, 0.25) is 5.95 Å². The van der Waals surface area contributed by atoms with Crippen LogP contribution in [0.1, 0.15) is 28.0 Å². The maximum absolute atomic E-state index is 12.8. The van der Waals surface area contributed by atoms with Gasteiger partial charge in [-0.1, -0.05) is 18.7 Å². The fourth-order valence-electron chi connectivity index (χ4n) is 3.44. The lowest BCUT2D eigenvalue weighted by Gasteiger charge is -2.24. The van der Waals surface area contributed by atoms with Crippen LogP contribution in [-0.4, -0.2) is 37.0 Å². The van der Waals surface area contributed by atoms with Gasteiger partial charge in [-0.3, -0.25) is 4.79 Å². The molecular weight excluding hydrogens is 376 g/mol. The molecule has 2 aromatic heterocycles. The fourth-order valence-corrected chi connectivity index (χ4v) is 3.44. The van der Waals surface area contributed by atoms with Gasteiger partial charge in [-0.2, -0.15) is 9.97 Å². The molecule has 0 amide bonds. The van der Waals surface area contributed by atoms with Gasteiger partial charge < -0.3 is 21.3 Å². The van der Waals surface area contributed by atoms with Gasteiger partial charge in [0.15, 0.2) is 17.0 Å². The molecule has 5 N–H and O–H groups in total. The Kier molecular flexibility index (Phi) is 4.11. The van der Waals surface area contributed by atoms with Crippen molar-refractivity contribution in [3.8, 4) is 0 Å². The second-order valence-corrected chi connectivity index (χ2v) is 6.75. The third-order valence-corrected chi connectivity index (χ3v) is 4.80. The summed E-state index contributed by atoms with van der Waals surface area (Å²) in [6.07, 6.45) is 1.85. The topological polar surface area (TPSA) is 167 Å². The monoisotopic (exact) mass is 392 g/mol. The lowest BCUT2D eigenvalue weighted by atomic mass is 9.75. The van der Waals surface area contributed by atoms with Crippen LogP contribution in [0.3, 0.4) is 0 Å². The summed E-state index contributed by atoms with van der Waals surface area (Å²) in [4.78, 5) is 40.5. The van der Waals surface area contributed by atoms with Gasteiger partial charge in [0.1, 0.15) is 11.2 Å². The number of esters is 1. The molecular formula is C19H16N6O4. The predicted octanol–water partition coefficient (Wildman–Crippen LogP) is 1.22. The summed E-state index contributed by atoms with van der Waals surface area (Å²) in [6, 6.07) is 6.06. The Labute approximate surface area is 164 Å². The maximum Gasteiger partial charge on any atom is 0.335 e. The summed E-state index contributed by atoms with van der Waals surface area (Å²) >= 11 is 0. The second kappa shape index (κ2) is 6.51. The van der Waals surface area contributed by atoms with Crippen LogP contribution in [-0.2, 0) is 21.4 Å². The van der Waals surface area contributed by atoms with Gasteiger partial charge in [0.25, 0.3) is 0 Å². The van der Waals surface area contributed by atoms with Crippen molar-refractivity contribution in [1.82, 2.24) is 19.9 Å². The Balaban J connectivity index is 1.79. The number of carboxylic acids is 1. The highest BCUT2D eigenvalue weighted by Gasteiger charge is 2.48. The minimum absolute atomic E-state index is 0.0114. The molecule has 1 fully saturated rings. The molecule has 10 nitrogen and oxygen atoms in total. The number of cyclic esters (lactones) is 1. The number of carboxylic acid groups (broad SMARTS) is 1. The van der Waals surface area contributed by atoms with Crippen LogP contribution in [0, 0.1) is 0 Å². The van der Waals surface area contributed by atoms with E-state index in [2.05, 4.69) is 26.5 Å². The molecule has 1 aromatic carbocycles. The number of nitrogens with two attached hydrogens (primary N) is 2. The average Bonchev–Trinajstić information content (AvgIpc) is 2.96. The molecule has 0 spiro atoms. The van der Waals surface area contributed by atoms with E-state index in [9.17, 15) is 9.59 Å². The Morgan fingerprint density at radius 1 is 1.21 bits per heavy atom. The van der Waals surface area contributed by atoms with Crippen LogP contribution in [0.5, 0.6) is 0 Å². The normalized spacial score (nSPS) is 18.8. The number of aromatic carboxylic acids is 1. The van der Waals surface area contributed by atoms with E-state index < -0.39 is 17.4 Å². The van der Waals surface area contributed by atoms with Crippen molar-refractivity contribution in [2.75, 3.05) is 11.5 Å². The Morgan fingerprint density at radius 2 is 1.93 bits per heavy atom. The summed E-state index contributed by atoms with van der Waals surface area (Å²) in [6.45, 7) is 3.76. The quantitative estimate of drug-likeness (QED) is 0.549. The molecule has 1 saturated heterocycles. The Bertz CT molecular complexity index is 1180. The van der Waals surface area contributed by atoms with E-state index >= 15 is 0 Å². The van der Waals surface area contributed by atoms with E-state index in [1.807, 2.05) is 0 Å². The van der Waals surface area contributed by atoms with Crippen molar-refractivity contribution in [1.29, 1.82) is 0 Å². The van der Waals surface area contributed by atoms with Crippen molar-refractivity contribution in [2.24, 2.45) is 0 Å². The van der Waals surface area contributed by atoms with Crippen LogP contribution in [0.4, 0.5) is 11.8 Å². The van der Waals surface area contributed by atoms with Crippen molar-refractivity contribution in [3.05, 3.63) is 59.6 Å². The lowest BCUT2D eigenvalue weighted by molar-refractivity contribution is -0.140. The summed E-state index contributed by atoms with van der Waals surface area (Å²) in [5, 5.41) is 9.12.